The molecule has 0 saturated heterocycles. The van der Waals surface area contributed by atoms with Gasteiger partial charge in [-0.2, -0.15) is 0 Å². The Morgan fingerprint density at radius 2 is 2.00 bits per heavy atom. The lowest BCUT2D eigenvalue weighted by Crippen LogP contribution is -2.12. The second-order valence-electron chi connectivity index (χ2n) is 3.74. The summed E-state index contributed by atoms with van der Waals surface area (Å²) in [4.78, 5) is 0. The molecule has 1 saturated carbocycles. The van der Waals surface area contributed by atoms with Gasteiger partial charge in [-0.15, -0.1) is 0 Å². The molecule has 1 aliphatic carbocycles. The quantitative estimate of drug-likeness (QED) is 0.813. The van der Waals surface area contributed by atoms with Crippen molar-refractivity contribution in [1.29, 1.82) is 0 Å². The Hall–Kier alpha value is -0.480. The van der Waals surface area contributed by atoms with Gasteiger partial charge in [0.2, 0.25) is 0 Å². The Morgan fingerprint density at radius 3 is 2.57 bits per heavy atom. The maximum Gasteiger partial charge on any atom is 0.143 e. The van der Waals surface area contributed by atoms with E-state index in [0.29, 0.717) is 18.4 Å². The lowest BCUT2D eigenvalue weighted by molar-refractivity contribution is 0.149. The molecule has 0 radical (unpaired) electrons. The zero-order valence-electron chi connectivity index (χ0n) is 7.36. The molecule has 0 amide bonds. The summed E-state index contributed by atoms with van der Waals surface area (Å²) >= 11 is 2.83. The third-order valence-electron chi connectivity index (χ3n) is 2.46. The van der Waals surface area contributed by atoms with Crippen LogP contribution < -0.4 is 0 Å². The minimum Gasteiger partial charge on any atom is -0.390 e. The molecule has 4 heteroatoms. The smallest absolute Gasteiger partial charge is 0.143 e. The van der Waals surface area contributed by atoms with E-state index in [-0.39, 0.29) is 10.9 Å². The van der Waals surface area contributed by atoms with Crippen LogP contribution in [0.25, 0.3) is 0 Å². The van der Waals surface area contributed by atoms with Crippen LogP contribution in [0.15, 0.2) is 16.6 Å². The molecule has 0 atom stereocenters. The standard InChI is InChI=1S/C10H9BrF2O/c11-8-7(12)2-1-6(9(8)13)5-10(14)3-4-10/h1-2,14H,3-5H2. The van der Waals surface area contributed by atoms with Crippen LogP contribution >= 0.6 is 15.9 Å². The number of benzene rings is 1. The fourth-order valence-corrected chi connectivity index (χ4v) is 1.76. The molecule has 0 spiro atoms. The van der Waals surface area contributed by atoms with E-state index in [1.54, 1.807) is 0 Å². The summed E-state index contributed by atoms with van der Waals surface area (Å²) < 4.78 is 26.1. The molecule has 1 N–H and O–H groups in total. The van der Waals surface area contributed by atoms with Gasteiger partial charge in [0.25, 0.3) is 0 Å². The molecule has 1 aromatic rings. The van der Waals surface area contributed by atoms with Crippen molar-refractivity contribution in [2.24, 2.45) is 0 Å². The fraction of sp³-hybridized carbons (Fsp3) is 0.400. The molecule has 0 unspecified atom stereocenters. The van der Waals surface area contributed by atoms with Crippen molar-refractivity contribution in [1.82, 2.24) is 0 Å². The van der Waals surface area contributed by atoms with Crippen molar-refractivity contribution < 1.29 is 13.9 Å². The molecule has 1 aromatic carbocycles. The molecule has 1 fully saturated rings. The zero-order chi connectivity index (χ0) is 10.3. The highest BCUT2D eigenvalue weighted by atomic mass is 79.9. The number of halogens is 3. The van der Waals surface area contributed by atoms with Crippen molar-refractivity contribution in [3.05, 3.63) is 33.8 Å². The maximum absolute atomic E-state index is 13.4. The molecule has 2 rings (SSSR count). The van der Waals surface area contributed by atoms with E-state index in [2.05, 4.69) is 15.9 Å². The van der Waals surface area contributed by atoms with Crippen LogP contribution in [0, 0.1) is 11.6 Å². The van der Waals surface area contributed by atoms with Gasteiger partial charge in [0.1, 0.15) is 11.6 Å². The lowest BCUT2D eigenvalue weighted by Gasteiger charge is -2.09. The number of aliphatic hydroxyl groups is 1. The second-order valence-corrected chi connectivity index (χ2v) is 4.53. The third kappa shape index (κ3) is 1.81. The summed E-state index contributed by atoms with van der Waals surface area (Å²) in [5.41, 5.74) is -0.392. The van der Waals surface area contributed by atoms with Crippen LogP contribution in [-0.2, 0) is 6.42 Å². The lowest BCUT2D eigenvalue weighted by atomic mass is 10.1. The van der Waals surface area contributed by atoms with Crippen molar-refractivity contribution in [2.45, 2.75) is 24.9 Å². The highest BCUT2D eigenvalue weighted by Crippen LogP contribution is 2.39. The normalized spacial score (nSPS) is 18.3. The topological polar surface area (TPSA) is 20.2 Å². The Kier molecular flexibility index (Phi) is 2.35. The highest BCUT2D eigenvalue weighted by molar-refractivity contribution is 9.10. The zero-order valence-corrected chi connectivity index (χ0v) is 8.94. The van der Waals surface area contributed by atoms with Gasteiger partial charge >= 0.3 is 0 Å². The van der Waals surface area contributed by atoms with Crippen LogP contribution in [0.4, 0.5) is 8.78 Å². The number of hydrogen-bond acceptors (Lipinski definition) is 1. The van der Waals surface area contributed by atoms with Gasteiger partial charge in [0, 0.05) is 6.42 Å². The van der Waals surface area contributed by atoms with Crippen LogP contribution in [0.1, 0.15) is 18.4 Å². The summed E-state index contributed by atoms with van der Waals surface area (Å²) in [6, 6.07) is 2.58. The summed E-state index contributed by atoms with van der Waals surface area (Å²) in [6.07, 6.45) is 1.65. The van der Waals surface area contributed by atoms with Crippen LogP contribution in [0.2, 0.25) is 0 Å². The summed E-state index contributed by atoms with van der Waals surface area (Å²) in [7, 11) is 0. The SMILES string of the molecule is OC1(Cc2ccc(F)c(Br)c2F)CC1. The van der Waals surface area contributed by atoms with E-state index in [1.807, 2.05) is 0 Å². The second kappa shape index (κ2) is 3.28. The highest BCUT2D eigenvalue weighted by Gasteiger charge is 2.40. The van der Waals surface area contributed by atoms with Gasteiger partial charge in [0.05, 0.1) is 10.1 Å². The van der Waals surface area contributed by atoms with Crippen molar-refractivity contribution in [3.63, 3.8) is 0 Å². The summed E-state index contributed by atoms with van der Waals surface area (Å²) in [6.45, 7) is 0. The number of hydrogen-bond donors (Lipinski definition) is 1. The van der Waals surface area contributed by atoms with E-state index in [1.165, 1.54) is 12.1 Å². The molecular weight excluding hydrogens is 254 g/mol. The van der Waals surface area contributed by atoms with Gasteiger partial charge in [-0.05, 0) is 40.4 Å². The molecule has 76 valence electrons. The van der Waals surface area contributed by atoms with E-state index >= 15 is 0 Å². The third-order valence-corrected chi connectivity index (χ3v) is 3.19. The summed E-state index contributed by atoms with van der Waals surface area (Å²) in [5.74, 6) is -1.22. The van der Waals surface area contributed by atoms with Crippen LogP contribution in [-0.4, -0.2) is 10.7 Å². The predicted octanol–water partition coefficient (Wildman–Crippen LogP) is 2.79. The Balaban J connectivity index is 2.30. The van der Waals surface area contributed by atoms with Gasteiger partial charge in [-0.25, -0.2) is 8.78 Å². The van der Waals surface area contributed by atoms with Crippen LogP contribution in [0.5, 0.6) is 0 Å². The Morgan fingerprint density at radius 1 is 1.36 bits per heavy atom. The van der Waals surface area contributed by atoms with Gasteiger partial charge in [-0.3, -0.25) is 0 Å². The van der Waals surface area contributed by atoms with Gasteiger partial charge in [0.15, 0.2) is 0 Å². The predicted molar refractivity (Wildman–Crippen MR) is 51.9 cm³/mol. The molecule has 14 heavy (non-hydrogen) atoms. The minimum atomic E-state index is -0.752. The average Bonchev–Trinajstić information content (AvgIpc) is 2.86. The molecule has 1 nitrogen and oxygen atoms in total. The Labute approximate surface area is 88.9 Å². The van der Waals surface area contributed by atoms with E-state index in [9.17, 15) is 13.9 Å². The van der Waals surface area contributed by atoms with Crippen molar-refractivity contribution in [2.75, 3.05) is 0 Å². The van der Waals surface area contributed by atoms with Gasteiger partial charge in [-0.1, -0.05) is 6.07 Å². The monoisotopic (exact) mass is 262 g/mol. The van der Waals surface area contributed by atoms with E-state index in [0.717, 1.165) is 0 Å². The van der Waals surface area contributed by atoms with Crippen molar-refractivity contribution in [3.8, 4) is 0 Å². The van der Waals surface area contributed by atoms with Crippen LogP contribution in [0.3, 0.4) is 0 Å². The molecule has 0 aliphatic heterocycles. The van der Waals surface area contributed by atoms with Crippen molar-refractivity contribution >= 4 is 15.9 Å². The first kappa shape index (κ1) is 10.1. The first-order valence-electron chi connectivity index (χ1n) is 4.37. The maximum atomic E-state index is 13.4. The van der Waals surface area contributed by atoms with E-state index < -0.39 is 17.2 Å². The number of rotatable bonds is 2. The molecule has 0 aromatic heterocycles. The largest absolute Gasteiger partial charge is 0.390 e. The molecule has 1 aliphatic rings. The van der Waals surface area contributed by atoms with Gasteiger partial charge < -0.3 is 5.11 Å². The first-order valence-corrected chi connectivity index (χ1v) is 5.16. The first-order chi connectivity index (χ1) is 6.52. The molecule has 0 bridgehead atoms. The van der Waals surface area contributed by atoms with E-state index in [4.69, 9.17) is 0 Å². The summed E-state index contributed by atoms with van der Waals surface area (Å²) in [5, 5.41) is 9.59. The minimum absolute atomic E-state index is 0.153. The Bertz CT molecular complexity index is 375. The molecular formula is C10H9BrF2O. The molecule has 0 heterocycles. The fourth-order valence-electron chi connectivity index (χ4n) is 1.38. The average molecular weight is 263 g/mol.